The quantitative estimate of drug-likeness (QED) is 0.165. The van der Waals surface area contributed by atoms with Gasteiger partial charge in [-0.2, -0.15) is 0 Å². The normalized spacial score (nSPS) is 13.2. The van der Waals surface area contributed by atoms with Crippen molar-refractivity contribution in [1.82, 2.24) is 9.97 Å². The number of aryl methyl sites for hydroxylation is 2. The van der Waals surface area contributed by atoms with Crippen LogP contribution < -0.4 is 0 Å². The van der Waals surface area contributed by atoms with Gasteiger partial charge in [-0.25, -0.2) is 4.98 Å². The summed E-state index contributed by atoms with van der Waals surface area (Å²) in [6.07, 6.45) is 1.89. The standard InChI is InChI=1S/C67H42N2/c1-39-16-20-42(21-17-39)47-26-30-56-52(35-47)53-36-48(43-22-18-40(2)19-23-43)27-31-57(53)67(56)58-32-28-49(41-9-4-3-5-10-41)37-55(58)63-59(67)38-54-50-14-6-11-44-12-7-15-51(61(44)50)62(54)64(63)60-33-29-46-25-24-45-13-8-34-68-65(45)66(46)69-60/h3-38H,1-2H3. The molecule has 0 radical (unpaired) electrons. The van der Waals surface area contributed by atoms with E-state index in [2.05, 4.69) is 220 Å². The van der Waals surface area contributed by atoms with Crippen molar-refractivity contribution in [2.75, 3.05) is 0 Å². The summed E-state index contributed by atoms with van der Waals surface area (Å²) in [4.78, 5) is 10.7. The van der Waals surface area contributed by atoms with E-state index in [1.165, 1.54) is 128 Å². The fourth-order valence-electron chi connectivity index (χ4n) is 12.4. The van der Waals surface area contributed by atoms with Crippen LogP contribution in [0, 0.1) is 13.8 Å². The third-order valence-electron chi connectivity index (χ3n) is 15.6. The van der Waals surface area contributed by atoms with E-state index >= 15 is 0 Å². The van der Waals surface area contributed by atoms with Gasteiger partial charge in [0.1, 0.15) is 0 Å². The Morgan fingerprint density at radius 1 is 0.319 bits per heavy atom. The summed E-state index contributed by atoms with van der Waals surface area (Å²) < 4.78 is 0. The molecule has 1 spiro atoms. The third-order valence-corrected chi connectivity index (χ3v) is 15.6. The Labute approximate surface area is 400 Å². The Balaban J connectivity index is 1.11. The first-order valence-electron chi connectivity index (χ1n) is 24.0. The predicted molar refractivity (Wildman–Crippen MR) is 286 cm³/mol. The molecule has 2 nitrogen and oxygen atoms in total. The molecule has 3 aliphatic rings. The van der Waals surface area contributed by atoms with Crippen molar-refractivity contribution in [3.63, 3.8) is 0 Å². The Kier molecular flexibility index (Phi) is 7.87. The minimum Gasteiger partial charge on any atom is -0.254 e. The molecule has 12 aromatic rings. The van der Waals surface area contributed by atoms with E-state index < -0.39 is 5.41 Å². The molecule has 0 fully saturated rings. The summed E-state index contributed by atoms with van der Waals surface area (Å²) in [5.41, 5.74) is 28.4. The number of nitrogens with zero attached hydrogens (tertiary/aromatic N) is 2. The highest BCUT2D eigenvalue weighted by molar-refractivity contribution is 6.21. The molecule has 2 aromatic heterocycles. The molecule has 10 aromatic carbocycles. The molecule has 0 bridgehead atoms. The second-order valence-electron chi connectivity index (χ2n) is 19.3. The number of benzene rings is 10. The average Bonchev–Trinajstić information content (AvgIpc) is 4.00. The lowest BCUT2D eigenvalue weighted by molar-refractivity contribution is 0.794. The van der Waals surface area contributed by atoms with Gasteiger partial charge in [0, 0.05) is 28.1 Å². The molecular formula is C67H42N2. The number of aromatic nitrogens is 2. The highest BCUT2D eigenvalue weighted by Gasteiger charge is 2.53. The number of rotatable bonds is 4. The van der Waals surface area contributed by atoms with Gasteiger partial charge in [0.2, 0.25) is 0 Å². The Bertz CT molecular complexity index is 4080. The maximum Gasteiger partial charge on any atom is 0.0972 e. The number of hydrogen-bond acceptors (Lipinski definition) is 2. The van der Waals surface area contributed by atoms with E-state index in [-0.39, 0.29) is 0 Å². The van der Waals surface area contributed by atoms with E-state index in [0.29, 0.717) is 0 Å². The van der Waals surface area contributed by atoms with E-state index in [0.717, 1.165) is 27.5 Å². The highest BCUT2D eigenvalue weighted by Crippen LogP contribution is 2.68. The number of hydrogen-bond donors (Lipinski definition) is 0. The first kappa shape index (κ1) is 38.4. The van der Waals surface area contributed by atoms with Crippen LogP contribution in [0.15, 0.2) is 219 Å². The second kappa shape index (κ2) is 14.2. The van der Waals surface area contributed by atoms with Crippen molar-refractivity contribution in [2.24, 2.45) is 0 Å². The molecule has 0 saturated heterocycles. The molecule has 0 aliphatic heterocycles. The molecule has 0 atom stereocenters. The third kappa shape index (κ3) is 5.32. The molecule has 2 heteroatoms. The molecule has 0 amide bonds. The lowest BCUT2D eigenvalue weighted by atomic mass is 9.69. The van der Waals surface area contributed by atoms with Crippen LogP contribution in [0.5, 0.6) is 0 Å². The lowest BCUT2D eigenvalue weighted by Gasteiger charge is -2.31. The number of pyridine rings is 2. The smallest absolute Gasteiger partial charge is 0.0972 e. The molecular weight excluding hydrogens is 833 g/mol. The van der Waals surface area contributed by atoms with E-state index in [1.807, 2.05) is 12.3 Å². The molecule has 15 rings (SSSR count). The monoisotopic (exact) mass is 874 g/mol. The van der Waals surface area contributed by atoms with Crippen LogP contribution >= 0.6 is 0 Å². The minimum atomic E-state index is -0.639. The van der Waals surface area contributed by atoms with Gasteiger partial charge in [-0.05, 0) is 156 Å². The Morgan fingerprint density at radius 3 is 1.51 bits per heavy atom. The van der Waals surface area contributed by atoms with Gasteiger partial charge in [-0.1, -0.05) is 187 Å². The molecule has 69 heavy (non-hydrogen) atoms. The van der Waals surface area contributed by atoms with Gasteiger partial charge in [0.05, 0.1) is 22.1 Å². The summed E-state index contributed by atoms with van der Waals surface area (Å²) >= 11 is 0. The van der Waals surface area contributed by atoms with E-state index in [1.54, 1.807) is 0 Å². The highest BCUT2D eigenvalue weighted by atomic mass is 14.8. The van der Waals surface area contributed by atoms with Gasteiger partial charge in [-0.15, -0.1) is 0 Å². The molecule has 0 N–H and O–H groups in total. The maximum absolute atomic E-state index is 5.75. The second-order valence-corrected chi connectivity index (χ2v) is 19.3. The SMILES string of the molecule is Cc1ccc(-c2ccc3c(c2)-c2cc(-c4ccc(C)cc4)ccc2C32c3ccc(-c4ccccc4)cc3-c3c2cc2c(c3-c3ccc4ccc5cccnc5c4n3)-c3cccc4cccc-2c34)cc1. The van der Waals surface area contributed by atoms with Crippen molar-refractivity contribution >= 4 is 32.6 Å². The summed E-state index contributed by atoms with van der Waals surface area (Å²) in [5, 5.41) is 4.72. The van der Waals surface area contributed by atoms with Gasteiger partial charge in [0.15, 0.2) is 0 Å². The zero-order valence-electron chi connectivity index (χ0n) is 38.2. The van der Waals surface area contributed by atoms with E-state index in [4.69, 9.17) is 9.97 Å². The first-order chi connectivity index (χ1) is 34.0. The minimum absolute atomic E-state index is 0.639. The van der Waals surface area contributed by atoms with Crippen LogP contribution in [0.4, 0.5) is 0 Å². The number of fused-ring (bicyclic) bond motifs is 16. The van der Waals surface area contributed by atoms with Crippen LogP contribution in [-0.4, -0.2) is 9.97 Å². The van der Waals surface area contributed by atoms with Crippen LogP contribution in [-0.2, 0) is 5.41 Å². The lowest BCUT2D eigenvalue weighted by Crippen LogP contribution is -2.26. The molecule has 3 aliphatic carbocycles. The summed E-state index contributed by atoms with van der Waals surface area (Å²) in [6, 6.07) is 79.9. The van der Waals surface area contributed by atoms with E-state index in [9.17, 15) is 0 Å². The average molecular weight is 875 g/mol. The zero-order valence-corrected chi connectivity index (χ0v) is 38.2. The molecule has 2 heterocycles. The summed E-state index contributed by atoms with van der Waals surface area (Å²) in [7, 11) is 0. The van der Waals surface area contributed by atoms with Gasteiger partial charge >= 0.3 is 0 Å². The van der Waals surface area contributed by atoms with Crippen LogP contribution in [0.2, 0.25) is 0 Å². The summed E-state index contributed by atoms with van der Waals surface area (Å²) in [5.74, 6) is 0. The summed E-state index contributed by atoms with van der Waals surface area (Å²) in [6.45, 7) is 4.32. The van der Waals surface area contributed by atoms with Gasteiger partial charge < -0.3 is 0 Å². The molecule has 0 unspecified atom stereocenters. The van der Waals surface area contributed by atoms with Crippen molar-refractivity contribution in [1.29, 1.82) is 0 Å². The first-order valence-corrected chi connectivity index (χ1v) is 24.0. The predicted octanol–water partition coefficient (Wildman–Crippen LogP) is 17.2. The van der Waals surface area contributed by atoms with Crippen molar-refractivity contribution in [3.8, 4) is 89.1 Å². The zero-order chi connectivity index (χ0) is 45.5. The van der Waals surface area contributed by atoms with Gasteiger partial charge in [0.25, 0.3) is 0 Å². The maximum atomic E-state index is 5.75. The van der Waals surface area contributed by atoms with Crippen LogP contribution in [0.1, 0.15) is 33.4 Å². The van der Waals surface area contributed by atoms with Gasteiger partial charge in [-0.3, -0.25) is 4.98 Å². The Morgan fingerprint density at radius 2 is 0.855 bits per heavy atom. The fraction of sp³-hybridized carbons (Fsp3) is 0.0448. The molecule has 320 valence electrons. The fourth-order valence-corrected chi connectivity index (χ4v) is 12.4. The largest absolute Gasteiger partial charge is 0.254 e. The van der Waals surface area contributed by atoms with Crippen molar-refractivity contribution in [3.05, 3.63) is 252 Å². The van der Waals surface area contributed by atoms with Crippen LogP contribution in [0.3, 0.4) is 0 Å². The molecule has 0 saturated carbocycles. The van der Waals surface area contributed by atoms with Crippen molar-refractivity contribution < 1.29 is 0 Å². The topological polar surface area (TPSA) is 25.8 Å². The van der Waals surface area contributed by atoms with Crippen LogP contribution in [0.25, 0.3) is 122 Å². The Hall–Kier alpha value is -8.72. The van der Waals surface area contributed by atoms with Crippen molar-refractivity contribution in [2.45, 2.75) is 19.3 Å².